The summed E-state index contributed by atoms with van der Waals surface area (Å²) in [5.41, 5.74) is 0.953. The van der Waals surface area contributed by atoms with E-state index in [1.54, 1.807) is 11.0 Å². The van der Waals surface area contributed by atoms with Crippen LogP contribution in [0.25, 0.3) is 0 Å². The summed E-state index contributed by atoms with van der Waals surface area (Å²) in [6, 6.07) is 9.77. The number of hydrogen-bond donors (Lipinski definition) is 0. The third kappa shape index (κ3) is 4.43. The molecule has 0 unspecified atom stereocenters. The lowest BCUT2D eigenvalue weighted by molar-refractivity contribution is -0.118. The van der Waals surface area contributed by atoms with Crippen molar-refractivity contribution in [1.29, 1.82) is 0 Å². The molecule has 0 N–H and O–H groups in total. The van der Waals surface area contributed by atoms with E-state index >= 15 is 0 Å². The zero-order valence-electron chi connectivity index (χ0n) is 10.6. The Morgan fingerprint density at radius 1 is 1.29 bits per heavy atom. The monoisotopic (exact) mass is 231 g/mol. The van der Waals surface area contributed by atoms with Gasteiger partial charge in [0.1, 0.15) is 0 Å². The maximum atomic E-state index is 12.1. The summed E-state index contributed by atoms with van der Waals surface area (Å²) < 4.78 is 0. The van der Waals surface area contributed by atoms with Gasteiger partial charge in [-0.15, -0.1) is 6.58 Å². The highest BCUT2D eigenvalue weighted by molar-refractivity contribution is 5.93. The number of unbranched alkanes of at least 4 members (excludes halogenated alkanes) is 2. The van der Waals surface area contributed by atoms with Gasteiger partial charge < -0.3 is 4.90 Å². The molecule has 2 nitrogen and oxygen atoms in total. The van der Waals surface area contributed by atoms with E-state index in [4.69, 9.17) is 0 Å². The van der Waals surface area contributed by atoms with Gasteiger partial charge in [0.2, 0.25) is 5.91 Å². The van der Waals surface area contributed by atoms with E-state index < -0.39 is 0 Å². The first-order valence-corrected chi connectivity index (χ1v) is 6.26. The lowest BCUT2D eigenvalue weighted by atomic mass is 10.2. The molecule has 2 heteroatoms. The Bertz CT molecular complexity index is 345. The maximum absolute atomic E-state index is 12.1. The minimum Gasteiger partial charge on any atom is -0.309 e. The van der Waals surface area contributed by atoms with Gasteiger partial charge in [-0.3, -0.25) is 4.79 Å². The summed E-state index contributed by atoms with van der Waals surface area (Å²) in [6.07, 6.45) is 5.61. The molecule has 1 aromatic carbocycles. The number of carbonyl (C=O) groups is 1. The van der Waals surface area contributed by atoms with Gasteiger partial charge in [0.05, 0.1) is 0 Å². The third-order valence-electron chi connectivity index (χ3n) is 2.67. The minimum atomic E-state index is 0.185. The molecule has 0 saturated heterocycles. The van der Waals surface area contributed by atoms with E-state index in [0.29, 0.717) is 13.0 Å². The summed E-state index contributed by atoms with van der Waals surface area (Å²) in [7, 11) is 0. The molecule has 0 fully saturated rings. The number of rotatable bonds is 7. The topological polar surface area (TPSA) is 20.3 Å². The minimum absolute atomic E-state index is 0.185. The van der Waals surface area contributed by atoms with Crippen LogP contribution in [0.3, 0.4) is 0 Å². The van der Waals surface area contributed by atoms with Crippen molar-refractivity contribution in [2.75, 3.05) is 11.4 Å². The Hall–Kier alpha value is -1.57. The van der Waals surface area contributed by atoms with Crippen LogP contribution >= 0.6 is 0 Å². The molecule has 0 aliphatic rings. The van der Waals surface area contributed by atoms with Crippen LogP contribution in [0, 0.1) is 0 Å². The van der Waals surface area contributed by atoms with Crippen LogP contribution in [0.2, 0.25) is 0 Å². The molecule has 0 aliphatic heterocycles. The summed E-state index contributed by atoms with van der Waals surface area (Å²) in [5.74, 6) is 0.185. The molecule has 17 heavy (non-hydrogen) atoms. The van der Waals surface area contributed by atoms with E-state index in [1.807, 2.05) is 30.3 Å². The maximum Gasteiger partial charge on any atom is 0.227 e. The van der Waals surface area contributed by atoms with Crippen molar-refractivity contribution in [1.82, 2.24) is 0 Å². The molecule has 0 saturated carbocycles. The first-order chi connectivity index (χ1) is 8.29. The number of hydrogen-bond acceptors (Lipinski definition) is 1. The van der Waals surface area contributed by atoms with Crippen LogP contribution in [0.5, 0.6) is 0 Å². The van der Waals surface area contributed by atoms with Gasteiger partial charge in [-0.1, -0.05) is 44.0 Å². The molecule has 0 heterocycles. The van der Waals surface area contributed by atoms with Crippen molar-refractivity contribution in [2.24, 2.45) is 0 Å². The van der Waals surface area contributed by atoms with Crippen LogP contribution in [0.15, 0.2) is 43.0 Å². The first kappa shape index (κ1) is 13.5. The SMILES string of the molecule is C=CCN(C(=O)CCCCC)c1ccccc1. The fourth-order valence-electron chi connectivity index (χ4n) is 1.75. The number of nitrogens with zero attached hydrogens (tertiary/aromatic N) is 1. The largest absolute Gasteiger partial charge is 0.309 e. The lowest BCUT2D eigenvalue weighted by Crippen LogP contribution is -2.30. The highest BCUT2D eigenvalue weighted by Gasteiger charge is 2.12. The van der Waals surface area contributed by atoms with Crippen LogP contribution in [-0.4, -0.2) is 12.5 Å². The average molecular weight is 231 g/mol. The van der Waals surface area contributed by atoms with Crippen LogP contribution in [-0.2, 0) is 4.79 Å². The van der Waals surface area contributed by atoms with Gasteiger partial charge in [0.15, 0.2) is 0 Å². The van der Waals surface area contributed by atoms with Crippen molar-refractivity contribution in [3.8, 4) is 0 Å². The molecule has 0 radical (unpaired) electrons. The van der Waals surface area contributed by atoms with Crippen molar-refractivity contribution >= 4 is 11.6 Å². The lowest BCUT2D eigenvalue weighted by Gasteiger charge is -2.21. The molecule has 1 amide bonds. The Labute approximate surface area is 104 Å². The van der Waals surface area contributed by atoms with E-state index in [9.17, 15) is 4.79 Å². The van der Waals surface area contributed by atoms with Gasteiger partial charge in [-0.25, -0.2) is 0 Å². The smallest absolute Gasteiger partial charge is 0.227 e. The number of benzene rings is 1. The van der Waals surface area contributed by atoms with Crippen LogP contribution < -0.4 is 4.90 Å². The second-order valence-corrected chi connectivity index (χ2v) is 4.09. The fourth-order valence-corrected chi connectivity index (χ4v) is 1.75. The molecule has 1 rings (SSSR count). The molecule has 0 aromatic heterocycles. The van der Waals surface area contributed by atoms with Crippen molar-refractivity contribution < 1.29 is 4.79 Å². The molecule has 0 atom stereocenters. The Morgan fingerprint density at radius 3 is 2.59 bits per heavy atom. The molecule has 0 aliphatic carbocycles. The summed E-state index contributed by atoms with van der Waals surface area (Å²) in [4.78, 5) is 13.9. The van der Waals surface area contributed by atoms with Crippen LogP contribution in [0.1, 0.15) is 32.6 Å². The van der Waals surface area contributed by atoms with Gasteiger partial charge in [0.25, 0.3) is 0 Å². The highest BCUT2D eigenvalue weighted by Crippen LogP contribution is 2.15. The van der Waals surface area contributed by atoms with Crippen LogP contribution in [0.4, 0.5) is 5.69 Å². The van der Waals surface area contributed by atoms with Gasteiger partial charge in [0, 0.05) is 18.7 Å². The van der Waals surface area contributed by atoms with E-state index in [1.165, 1.54) is 0 Å². The Balaban J connectivity index is 2.65. The molecule has 92 valence electrons. The molecular weight excluding hydrogens is 210 g/mol. The van der Waals surface area contributed by atoms with E-state index in [2.05, 4.69) is 13.5 Å². The zero-order valence-corrected chi connectivity index (χ0v) is 10.6. The fraction of sp³-hybridized carbons (Fsp3) is 0.400. The van der Waals surface area contributed by atoms with Crippen molar-refractivity contribution in [3.05, 3.63) is 43.0 Å². The third-order valence-corrected chi connectivity index (χ3v) is 2.67. The first-order valence-electron chi connectivity index (χ1n) is 6.26. The Morgan fingerprint density at radius 2 is 2.00 bits per heavy atom. The van der Waals surface area contributed by atoms with Gasteiger partial charge in [-0.05, 0) is 18.6 Å². The average Bonchev–Trinajstić information content (AvgIpc) is 2.37. The number of anilines is 1. The summed E-state index contributed by atoms with van der Waals surface area (Å²) in [6.45, 7) is 6.43. The van der Waals surface area contributed by atoms with Crippen molar-refractivity contribution in [3.63, 3.8) is 0 Å². The number of para-hydroxylation sites is 1. The van der Waals surface area contributed by atoms with Crippen molar-refractivity contribution in [2.45, 2.75) is 32.6 Å². The predicted octanol–water partition coefficient (Wildman–Crippen LogP) is 3.79. The molecule has 1 aromatic rings. The molecular formula is C15H21NO. The number of carbonyl (C=O) groups excluding carboxylic acids is 1. The van der Waals surface area contributed by atoms with E-state index in [0.717, 1.165) is 24.9 Å². The number of amides is 1. The second kappa shape index (κ2) is 7.66. The second-order valence-electron chi connectivity index (χ2n) is 4.09. The van der Waals surface area contributed by atoms with Gasteiger partial charge in [-0.2, -0.15) is 0 Å². The summed E-state index contributed by atoms with van der Waals surface area (Å²) in [5, 5.41) is 0. The summed E-state index contributed by atoms with van der Waals surface area (Å²) >= 11 is 0. The quantitative estimate of drug-likeness (QED) is 0.516. The zero-order chi connectivity index (χ0) is 12.5. The van der Waals surface area contributed by atoms with Gasteiger partial charge >= 0.3 is 0 Å². The van der Waals surface area contributed by atoms with E-state index in [-0.39, 0.29) is 5.91 Å². The Kier molecular flexibility index (Phi) is 6.08. The normalized spacial score (nSPS) is 9.94. The highest BCUT2D eigenvalue weighted by atomic mass is 16.2. The molecule has 0 spiro atoms. The molecule has 0 bridgehead atoms. The standard InChI is InChI=1S/C15H21NO/c1-3-5-7-12-15(17)16(13-4-2)14-10-8-6-9-11-14/h4,6,8-11H,2-3,5,7,12-13H2,1H3. The predicted molar refractivity (Wildman–Crippen MR) is 73.1 cm³/mol.